The first-order valence-electron chi connectivity index (χ1n) is 4.06. The van der Waals surface area contributed by atoms with E-state index in [-0.39, 0.29) is 0 Å². The minimum atomic E-state index is 1.02. The maximum atomic E-state index is 2.34. The first-order valence-corrected chi connectivity index (χ1v) is 4.06. The second-order valence-corrected chi connectivity index (χ2v) is 3.41. The molecule has 2 fully saturated rings. The first-order chi connectivity index (χ1) is 4.38. The van der Waals surface area contributed by atoms with Gasteiger partial charge in [-0.2, -0.15) is 0 Å². The number of hydrogen-bond acceptors (Lipinski definition) is 0. The van der Waals surface area contributed by atoms with E-state index in [1.54, 1.807) is 11.1 Å². The summed E-state index contributed by atoms with van der Waals surface area (Å²) in [7, 11) is 0. The van der Waals surface area contributed by atoms with Gasteiger partial charge in [0.2, 0.25) is 0 Å². The van der Waals surface area contributed by atoms with Gasteiger partial charge in [0, 0.05) is 0 Å². The van der Waals surface area contributed by atoms with Gasteiger partial charge in [-0.05, 0) is 38.5 Å². The molecule has 0 bridgehead atoms. The molecule has 0 atom stereocenters. The second-order valence-electron chi connectivity index (χ2n) is 3.41. The lowest BCUT2D eigenvalue weighted by Gasteiger charge is -2.26. The maximum Gasteiger partial charge on any atom is -0.0203 e. The van der Waals surface area contributed by atoms with E-state index in [0.717, 1.165) is 5.92 Å². The highest BCUT2D eigenvalue weighted by Gasteiger charge is 2.24. The molecule has 9 heavy (non-hydrogen) atoms. The average molecular weight is 122 g/mol. The molecular weight excluding hydrogens is 108 g/mol. The summed E-state index contributed by atoms with van der Waals surface area (Å²) in [6.45, 7) is 2.34. The van der Waals surface area contributed by atoms with E-state index in [1.165, 1.54) is 32.1 Å². The summed E-state index contributed by atoms with van der Waals surface area (Å²) < 4.78 is 0. The van der Waals surface area contributed by atoms with Crippen LogP contribution in [0.4, 0.5) is 0 Å². The van der Waals surface area contributed by atoms with E-state index >= 15 is 0 Å². The van der Waals surface area contributed by atoms with Crippen LogP contribution < -0.4 is 0 Å². The van der Waals surface area contributed by atoms with E-state index in [1.807, 2.05) is 0 Å². The molecule has 0 amide bonds. The normalized spacial score (nSPS) is 25.7. The topological polar surface area (TPSA) is 0 Å². The fourth-order valence-corrected chi connectivity index (χ4v) is 1.59. The molecule has 0 unspecified atom stereocenters. The van der Waals surface area contributed by atoms with Crippen LogP contribution in [0.5, 0.6) is 0 Å². The molecule has 0 saturated heterocycles. The number of allylic oxidation sites excluding steroid dienone is 2. The minimum Gasteiger partial charge on any atom is -0.0710 e. The van der Waals surface area contributed by atoms with Gasteiger partial charge in [-0.1, -0.05) is 17.6 Å². The predicted molar refractivity (Wildman–Crippen MR) is 39.3 cm³/mol. The van der Waals surface area contributed by atoms with E-state index in [0.29, 0.717) is 0 Å². The Labute approximate surface area is 57.0 Å². The molecule has 0 spiro atoms. The summed E-state index contributed by atoms with van der Waals surface area (Å²) in [5.74, 6) is 1.02. The van der Waals surface area contributed by atoms with Crippen molar-refractivity contribution < 1.29 is 0 Å². The van der Waals surface area contributed by atoms with Crippen LogP contribution >= 0.6 is 0 Å². The molecule has 0 N–H and O–H groups in total. The minimum absolute atomic E-state index is 1.02. The van der Waals surface area contributed by atoms with Crippen LogP contribution in [0.1, 0.15) is 39.0 Å². The highest BCUT2D eigenvalue weighted by molar-refractivity contribution is 5.26. The molecule has 0 heterocycles. The average Bonchev–Trinajstić information content (AvgIpc) is 2.37. The maximum absolute atomic E-state index is 2.34. The van der Waals surface area contributed by atoms with Crippen molar-refractivity contribution in [2.24, 2.45) is 5.92 Å². The highest BCUT2D eigenvalue weighted by atomic mass is 14.3. The van der Waals surface area contributed by atoms with Gasteiger partial charge < -0.3 is 0 Å². The second kappa shape index (κ2) is 1.86. The Balaban J connectivity index is 2.03. The van der Waals surface area contributed by atoms with Crippen LogP contribution in [-0.2, 0) is 0 Å². The molecule has 0 nitrogen and oxygen atoms in total. The predicted octanol–water partition coefficient (Wildman–Crippen LogP) is 2.90. The van der Waals surface area contributed by atoms with Crippen LogP contribution in [0.15, 0.2) is 11.1 Å². The van der Waals surface area contributed by atoms with Gasteiger partial charge in [0.15, 0.2) is 0 Å². The smallest absolute Gasteiger partial charge is 0.0203 e. The van der Waals surface area contributed by atoms with Crippen LogP contribution in [0.25, 0.3) is 0 Å². The van der Waals surface area contributed by atoms with Gasteiger partial charge in [-0.3, -0.25) is 0 Å². The molecule has 0 aromatic heterocycles. The highest BCUT2D eigenvalue weighted by Crippen LogP contribution is 2.41. The summed E-state index contributed by atoms with van der Waals surface area (Å²) in [4.78, 5) is 0. The summed E-state index contributed by atoms with van der Waals surface area (Å²) in [6, 6.07) is 0. The first kappa shape index (κ1) is 5.52. The van der Waals surface area contributed by atoms with Gasteiger partial charge >= 0.3 is 0 Å². The molecule has 2 saturated carbocycles. The van der Waals surface area contributed by atoms with Gasteiger partial charge in [0.05, 0.1) is 0 Å². The molecule has 0 aliphatic heterocycles. The van der Waals surface area contributed by atoms with Crippen molar-refractivity contribution >= 4 is 0 Å². The van der Waals surface area contributed by atoms with Gasteiger partial charge in [-0.15, -0.1) is 0 Å². The van der Waals surface area contributed by atoms with Crippen LogP contribution in [0, 0.1) is 5.92 Å². The molecule has 0 heteroatoms. The molecule has 2 aliphatic rings. The Hall–Kier alpha value is -0.260. The largest absolute Gasteiger partial charge is 0.0710 e. The summed E-state index contributed by atoms with van der Waals surface area (Å²) in [5.41, 5.74) is 3.53. The molecule has 2 aliphatic carbocycles. The van der Waals surface area contributed by atoms with Crippen molar-refractivity contribution in [2.45, 2.75) is 39.0 Å². The Bertz CT molecular complexity index is 143. The molecular formula is C9H14. The fraction of sp³-hybridized carbons (Fsp3) is 0.778. The van der Waals surface area contributed by atoms with E-state index in [9.17, 15) is 0 Å². The van der Waals surface area contributed by atoms with Crippen LogP contribution in [0.3, 0.4) is 0 Å². The van der Waals surface area contributed by atoms with Crippen molar-refractivity contribution in [3.05, 3.63) is 11.1 Å². The molecule has 2 rings (SSSR count). The fourth-order valence-electron chi connectivity index (χ4n) is 1.59. The Morgan fingerprint density at radius 3 is 2.33 bits per heavy atom. The zero-order chi connectivity index (χ0) is 6.27. The molecule has 0 radical (unpaired) electrons. The standard InChI is InChI=1S/C9H14/c1-7(9-5-6-9)8-3-2-4-8/h8H,2-6H2,1H3. The Kier molecular flexibility index (Phi) is 1.14. The third kappa shape index (κ3) is 0.910. The van der Waals surface area contributed by atoms with Crippen molar-refractivity contribution in [2.75, 3.05) is 0 Å². The lowest BCUT2D eigenvalue weighted by atomic mass is 9.80. The van der Waals surface area contributed by atoms with Crippen molar-refractivity contribution in [1.29, 1.82) is 0 Å². The van der Waals surface area contributed by atoms with Crippen LogP contribution in [-0.4, -0.2) is 0 Å². The summed E-state index contributed by atoms with van der Waals surface area (Å²) >= 11 is 0. The van der Waals surface area contributed by atoms with Crippen molar-refractivity contribution in [1.82, 2.24) is 0 Å². The summed E-state index contributed by atoms with van der Waals surface area (Å²) in [6.07, 6.45) is 7.28. The van der Waals surface area contributed by atoms with Gasteiger partial charge in [0.1, 0.15) is 0 Å². The molecule has 0 aromatic rings. The van der Waals surface area contributed by atoms with Crippen molar-refractivity contribution in [3.63, 3.8) is 0 Å². The zero-order valence-corrected chi connectivity index (χ0v) is 6.11. The summed E-state index contributed by atoms with van der Waals surface area (Å²) in [5, 5.41) is 0. The SMILES string of the molecule is CC(=C1CC1)C1CCC1. The van der Waals surface area contributed by atoms with E-state index in [4.69, 9.17) is 0 Å². The third-order valence-corrected chi connectivity index (χ3v) is 2.78. The van der Waals surface area contributed by atoms with Gasteiger partial charge in [-0.25, -0.2) is 0 Å². The third-order valence-electron chi connectivity index (χ3n) is 2.78. The monoisotopic (exact) mass is 122 g/mol. The quantitative estimate of drug-likeness (QED) is 0.469. The number of rotatable bonds is 1. The van der Waals surface area contributed by atoms with Crippen LogP contribution in [0.2, 0.25) is 0 Å². The molecule has 0 aromatic carbocycles. The Morgan fingerprint density at radius 1 is 1.33 bits per heavy atom. The zero-order valence-electron chi connectivity index (χ0n) is 6.11. The van der Waals surface area contributed by atoms with E-state index in [2.05, 4.69) is 6.92 Å². The Morgan fingerprint density at radius 2 is 2.00 bits per heavy atom. The lowest BCUT2D eigenvalue weighted by molar-refractivity contribution is 0.367. The van der Waals surface area contributed by atoms with Gasteiger partial charge in [0.25, 0.3) is 0 Å². The molecule has 50 valence electrons. The lowest BCUT2D eigenvalue weighted by Crippen LogP contribution is -2.11. The van der Waals surface area contributed by atoms with E-state index < -0.39 is 0 Å². The van der Waals surface area contributed by atoms with Crippen molar-refractivity contribution in [3.8, 4) is 0 Å². The number of hydrogen-bond donors (Lipinski definition) is 0.